The van der Waals surface area contributed by atoms with Gasteiger partial charge in [0.05, 0.1) is 16.6 Å². The molecule has 38 heavy (non-hydrogen) atoms. The Balaban J connectivity index is 1.56. The number of unbranched alkanes of at least 4 members (excludes halogenated alkanes) is 3. The standard InChI is InChI=1S/C30H39N3O4S/c1-21(2)31-18-12-16-30-24(27(36)33(25(30)28(31)37)17-9-4-5-10-20-34)23-26(35)32(22-13-7-6-8-14-22)19-11-15-29(23,3)38-30/h6-8,11-16,21,23-25,34H,4-5,9-10,17-20H2,1-3H3/t23-,24-,25?,29+,30-/m0/s1. The van der Waals surface area contributed by atoms with Gasteiger partial charge >= 0.3 is 0 Å². The molecule has 0 aliphatic carbocycles. The first-order chi connectivity index (χ1) is 18.2. The number of aliphatic hydroxyl groups is 1. The van der Waals surface area contributed by atoms with Crippen LogP contribution in [0.5, 0.6) is 0 Å². The minimum absolute atomic E-state index is 0.00502. The van der Waals surface area contributed by atoms with Crippen LogP contribution in [-0.2, 0) is 14.4 Å². The van der Waals surface area contributed by atoms with E-state index in [2.05, 4.69) is 19.1 Å². The number of carbonyl (C=O) groups is 3. The lowest BCUT2D eigenvalue weighted by atomic mass is 9.74. The number of thioether (sulfide) groups is 1. The van der Waals surface area contributed by atoms with Crippen molar-refractivity contribution in [2.75, 3.05) is 31.1 Å². The van der Waals surface area contributed by atoms with E-state index < -0.39 is 27.4 Å². The normalized spacial score (nSPS) is 32.5. The molecule has 4 aliphatic rings. The summed E-state index contributed by atoms with van der Waals surface area (Å²) in [6, 6.07) is 9.00. The van der Waals surface area contributed by atoms with Crippen LogP contribution >= 0.6 is 11.8 Å². The summed E-state index contributed by atoms with van der Waals surface area (Å²) in [5.74, 6) is -1.36. The van der Waals surface area contributed by atoms with Gasteiger partial charge in [0.15, 0.2) is 0 Å². The van der Waals surface area contributed by atoms with Crippen molar-refractivity contribution in [2.24, 2.45) is 11.8 Å². The summed E-state index contributed by atoms with van der Waals surface area (Å²) in [5.41, 5.74) is 0.818. The van der Waals surface area contributed by atoms with Crippen LogP contribution in [0.1, 0.15) is 46.5 Å². The second kappa shape index (κ2) is 10.5. The maximum Gasteiger partial charge on any atom is 0.247 e. The molecule has 1 aromatic carbocycles. The van der Waals surface area contributed by atoms with Crippen LogP contribution < -0.4 is 4.90 Å². The number of nitrogens with zero attached hydrogens (tertiary/aromatic N) is 3. The zero-order valence-corrected chi connectivity index (χ0v) is 23.4. The Morgan fingerprint density at radius 1 is 0.921 bits per heavy atom. The van der Waals surface area contributed by atoms with E-state index in [0.717, 1.165) is 31.4 Å². The lowest BCUT2D eigenvalue weighted by Gasteiger charge is -2.37. The Morgan fingerprint density at radius 2 is 1.63 bits per heavy atom. The molecule has 2 saturated heterocycles. The van der Waals surface area contributed by atoms with Crippen LogP contribution in [0, 0.1) is 11.8 Å². The summed E-state index contributed by atoms with van der Waals surface area (Å²) in [5, 5.41) is 9.15. The van der Waals surface area contributed by atoms with Crippen molar-refractivity contribution in [3.8, 4) is 0 Å². The third-order valence-corrected chi connectivity index (χ3v) is 10.4. The van der Waals surface area contributed by atoms with E-state index in [0.29, 0.717) is 19.6 Å². The summed E-state index contributed by atoms with van der Waals surface area (Å²) >= 11 is 1.63. The van der Waals surface area contributed by atoms with Gasteiger partial charge in [-0.3, -0.25) is 14.4 Å². The quantitative estimate of drug-likeness (QED) is 0.405. The fourth-order valence-electron chi connectivity index (χ4n) is 6.83. The van der Waals surface area contributed by atoms with Crippen LogP contribution in [0.3, 0.4) is 0 Å². The first-order valence-corrected chi connectivity index (χ1v) is 14.7. The molecule has 0 saturated carbocycles. The van der Waals surface area contributed by atoms with Crippen molar-refractivity contribution < 1.29 is 19.5 Å². The maximum absolute atomic E-state index is 14.4. The largest absolute Gasteiger partial charge is 0.396 e. The summed E-state index contributed by atoms with van der Waals surface area (Å²) in [4.78, 5) is 48.3. The van der Waals surface area contributed by atoms with Crippen molar-refractivity contribution in [2.45, 2.75) is 68.0 Å². The molecule has 0 radical (unpaired) electrons. The van der Waals surface area contributed by atoms with E-state index in [-0.39, 0.29) is 30.4 Å². The third-order valence-electron chi connectivity index (χ3n) is 8.59. The van der Waals surface area contributed by atoms with Crippen LogP contribution in [0.2, 0.25) is 0 Å². The van der Waals surface area contributed by atoms with Gasteiger partial charge < -0.3 is 19.8 Å². The zero-order chi connectivity index (χ0) is 27.1. The first-order valence-electron chi connectivity index (χ1n) is 13.9. The maximum atomic E-state index is 14.4. The summed E-state index contributed by atoms with van der Waals surface area (Å²) in [7, 11) is 0. The minimum Gasteiger partial charge on any atom is -0.396 e. The van der Waals surface area contributed by atoms with Gasteiger partial charge in [-0.2, -0.15) is 0 Å². The number of rotatable bonds is 8. The van der Waals surface area contributed by atoms with Crippen LogP contribution in [-0.4, -0.2) is 80.4 Å². The Hall–Kier alpha value is -2.58. The summed E-state index contributed by atoms with van der Waals surface area (Å²) < 4.78 is -1.41. The average molecular weight is 538 g/mol. The van der Waals surface area contributed by atoms with Crippen LogP contribution in [0.25, 0.3) is 0 Å². The van der Waals surface area contributed by atoms with Gasteiger partial charge in [0.1, 0.15) is 6.04 Å². The molecule has 0 bridgehead atoms. The van der Waals surface area contributed by atoms with Gasteiger partial charge in [-0.05, 0) is 45.7 Å². The van der Waals surface area contributed by atoms with Crippen molar-refractivity contribution >= 4 is 35.2 Å². The van der Waals surface area contributed by atoms with Crippen molar-refractivity contribution in [1.82, 2.24) is 9.80 Å². The molecule has 5 rings (SSSR count). The minimum atomic E-state index is -0.804. The lowest BCUT2D eigenvalue weighted by molar-refractivity contribution is -0.143. The Bertz CT molecular complexity index is 1140. The highest BCUT2D eigenvalue weighted by atomic mass is 32.2. The van der Waals surface area contributed by atoms with E-state index in [1.165, 1.54) is 0 Å². The van der Waals surface area contributed by atoms with Gasteiger partial charge in [-0.1, -0.05) is 55.3 Å². The smallest absolute Gasteiger partial charge is 0.247 e. The van der Waals surface area contributed by atoms with Crippen LogP contribution in [0.15, 0.2) is 54.6 Å². The van der Waals surface area contributed by atoms with Gasteiger partial charge in [-0.15, -0.1) is 11.8 Å². The highest BCUT2D eigenvalue weighted by Gasteiger charge is 2.73. The van der Waals surface area contributed by atoms with Gasteiger partial charge in [-0.25, -0.2) is 0 Å². The van der Waals surface area contributed by atoms with Gasteiger partial charge in [0.25, 0.3) is 0 Å². The molecule has 1 unspecified atom stereocenters. The van der Waals surface area contributed by atoms with Crippen molar-refractivity contribution in [3.63, 3.8) is 0 Å². The number of amides is 3. The van der Waals surface area contributed by atoms with Crippen molar-refractivity contribution in [3.05, 3.63) is 54.6 Å². The van der Waals surface area contributed by atoms with Gasteiger partial charge in [0.2, 0.25) is 17.7 Å². The monoisotopic (exact) mass is 537 g/mol. The molecule has 2 fully saturated rings. The van der Waals surface area contributed by atoms with Gasteiger partial charge in [0, 0.05) is 42.7 Å². The van der Waals surface area contributed by atoms with E-state index in [4.69, 9.17) is 5.11 Å². The molecular weight excluding hydrogens is 498 g/mol. The lowest BCUT2D eigenvalue weighted by Crippen LogP contribution is -2.54. The Kier molecular flexibility index (Phi) is 7.48. The molecule has 4 heterocycles. The number of benzene rings is 1. The Labute approximate surface area is 229 Å². The number of para-hydroxylation sites is 1. The van der Waals surface area contributed by atoms with E-state index in [1.807, 2.05) is 61.2 Å². The SMILES string of the molecule is CC(C)N1CC=C[C@]23S[C@]4(C)C=CCN(c5ccccc5)C(=O)[C@@H]4[C@H]2C(=O)N(CCCCCCO)C3C1=O. The number of aliphatic hydroxyl groups excluding tert-OH is 1. The van der Waals surface area contributed by atoms with Crippen LogP contribution in [0.4, 0.5) is 5.69 Å². The zero-order valence-electron chi connectivity index (χ0n) is 22.6. The van der Waals surface area contributed by atoms with E-state index in [9.17, 15) is 14.4 Å². The molecule has 1 N–H and O–H groups in total. The number of likely N-dealkylation sites (tertiary alicyclic amines) is 1. The average Bonchev–Trinajstić information content (AvgIpc) is 3.15. The molecule has 1 spiro atoms. The molecule has 3 amide bonds. The predicted molar refractivity (Wildman–Crippen MR) is 151 cm³/mol. The predicted octanol–water partition coefficient (Wildman–Crippen LogP) is 3.64. The summed E-state index contributed by atoms with van der Waals surface area (Å²) in [6.45, 7) is 7.68. The van der Waals surface area contributed by atoms with E-state index >= 15 is 0 Å². The topological polar surface area (TPSA) is 81.2 Å². The Morgan fingerprint density at radius 3 is 2.34 bits per heavy atom. The number of hydrogen-bond donors (Lipinski definition) is 1. The second-order valence-corrected chi connectivity index (χ2v) is 13.1. The highest BCUT2D eigenvalue weighted by Crippen LogP contribution is 2.65. The number of anilines is 1. The third kappa shape index (κ3) is 4.30. The fourth-order valence-corrected chi connectivity index (χ4v) is 8.99. The van der Waals surface area contributed by atoms with Crippen molar-refractivity contribution in [1.29, 1.82) is 0 Å². The molecule has 8 heteroatoms. The highest BCUT2D eigenvalue weighted by molar-refractivity contribution is 8.02. The fraction of sp³-hybridized carbons (Fsp3) is 0.567. The molecule has 7 nitrogen and oxygen atoms in total. The first kappa shape index (κ1) is 27.0. The molecule has 4 aliphatic heterocycles. The number of fused-ring (bicyclic) bond motifs is 2. The molecular formula is C30H39N3O4S. The molecule has 0 aromatic heterocycles. The second-order valence-electron chi connectivity index (χ2n) is 11.3. The summed E-state index contributed by atoms with van der Waals surface area (Å²) in [6.07, 6.45) is 11.5. The van der Waals surface area contributed by atoms with E-state index in [1.54, 1.807) is 21.6 Å². The molecule has 5 atom stereocenters. The molecule has 1 aromatic rings. The number of carbonyl (C=O) groups excluding carboxylic acids is 3. The number of hydrogen-bond acceptors (Lipinski definition) is 5. The molecule has 204 valence electrons.